The molecule has 1 saturated carbocycles. The molecule has 1 aromatic carbocycles. The quantitative estimate of drug-likeness (QED) is 0.644. The first-order valence-electron chi connectivity index (χ1n) is 10.5. The number of amides is 2. The lowest BCUT2D eigenvalue weighted by Crippen LogP contribution is -2.40. The van der Waals surface area contributed by atoms with Crippen LogP contribution < -0.4 is 20.1 Å². The van der Waals surface area contributed by atoms with E-state index in [0.29, 0.717) is 31.3 Å². The number of aromatic nitrogens is 1. The summed E-state index contributed by atoms with van der Waals surface area (Å²) in [6.45, 7) is 3.46. The Hall–Kier alpha value is -2.68. The van der Waals surface area contributed by atoms with Crippen molar-refractivity contribution in [3.63, 3.8) is 0 Å². The molecule has 0 bridgehead atoms. The topological polar surface area (TPSA) is 103 Å². The van der Waals surface area contributed by atoms with E-state index in [-0.39, 0.29) is 28.7 Å². The van der Waals surface area contributed by atoms with E-state index in [1.165, 1.54) is 17.3 Å². The summed E-state index contributed by atoms with van der Waals surface area (Å²) in [5.74, 6) is 2.69. The summed E-state index contributed by atoms with van der Waals surface area (Å²) in [5.41, 5.74) is 1.10. The van der Waals surface area contributed by atoms with Gasteiger partial charge in [-0.2, -0.15) is 0 Å². The minimum Gasteiger partial charge on any atom is -0.486 e. The van der Waals surface area contributed by atoms with Gasteiger partial charge in [-0.3, -0.25) is 9.59 Å². The number of carbonyl (C=O) groups is 2. The molecule has 31 heavy (non-hydrogen) atoms. The molecule has 0 saturated heterocycles. The van der Waals surface area contributed by atoms with Crippen LogP contribution in [0.3, 0.4) is 0 Å². The largest absolute Gasteiger partial charge is 0.486 e. The van der Waals surface area contributed by atoms with Crippen LogP contribution in [0, 0.1) is 6.92 Å². The maximum Gasteiger partial charge on any atom is 0.235 e. The van der Waals surface area contributed by atoms with Gasteiger partial charge in [0.2, 0.25) is 11.8 Å². The Morgan fingerprint density at radius 1 is 1.06 bits per heavy atom. The Bertz CT molecular complexity index is 939. The van der Waals surface area contributed by atoms with Crippen LogP contribution in [0.5, 0.6) is 11.5 Å². The van der Waals surface area contributed by atoms with Crippen LogP contribution in [0.15, 0.2) is 28.8 Å². The van der Waals surface area contributed by atoms with Gasteiger partial charge in [-0.1, -0.05) is 24.1 Å². The number of nitrogens with one attached hydrogen (secondary N) is 2. The fraction of sp³-hybridized carbons (Fsp3) is 0.500. The molecule has 0 spiro atoms. The second-order valence-electron chi connectivity index (χ2n) is 7.99. The molecule has 2 aromatic rings. The molecule has 1 aliphatic heterocycles. The lowest BCUT2D eigenvalue weighted by atomic mass is 9.78. The van der Waals surface area contributed by atoms with Gasteiger partial charge in [0.15, 0.2) is 17.3 Å². The van der Waals surface area contributed by atoms with Crippen molar-refractivity contribution in [2.45, 2.75) is 38.0 Å². The van der Waals surface area contributed by atoms with Crippen molar-refractivity contribution in [2.24, 2.45) is 0 Å². The third-order valence-electron chi connectivity index (χ3n) is 5.70. The van der Waals surface area contributed by atoms with E-state index >= 15 is 0 Å². The highest BCUT2D eigenvalue weighted by Gasteiger charge is 2.36. The van der Waals surface area contributed by atoms with Crippen LogP contribution in [0.1, 0.15) is 37.0 Å². The van der Waals surface area contributed by atoms with Gasteiger partial charge >= 0.3 is 0 Å². The van der Waals surface area contributed by atoms with Crippen molar-refractivity contribution in [3.05, 3.63) is 35.6 Å². The third kappa shape index (κ3) is 5.33. The average Bonchev–Trinajstić information content (AvgIpc) is 3.41. The number of hydrogen-bond acceptors (Lipinski definition) is 7. The van der Waals surface area contributed by atoms with E-state index < -0.39 is 0 Å². The molecule has 4 rings (SSSR count). The zero-order valence-corrected chi connectivity index (χ0v) is 18.4. The van der Waals surface area contributed by atoms with Crippen LogP contribution in [0.2, 0.25) is 0 Å². The number of aryl methyl sites for hydroxylation is 1. The summed E-state index contributed by atoms with van der Waals surface area (Å²) in [6.07, 6.45) is 4.33. The maximum atomic E-state index is 12.4. The van der Waals surface area contributed by atoms with Crippen molar-refractivity contribution in [2.75, 3.05) is 36.6 Å². The first kappa shape index (κ1) is 21.5. The highest BCUT2D eigenvalue weighted by atomic mass is 32.2. The van der Waals surface area contributed by atoms with E-state index in [9.17, 15) is 9.59 Å². The molecule has 2 aliphatic rings. The second kappa shape index (κ2) is 9.64. The first-order valence-corrected chi connectivity index (χ1v) is 11.7. The molecule has 0 unspecified atom stereocenters. The molecule has 0 atom stereocenters. The smallest absolute Gasteiger partial charge is 0.235 e. The number of carbonyl (C=O) groups excluding carboxylic acids is 2. The molecule has 8 nitrogen and oxygen atoms in total. The minimum atomic E-state index is -0.213. The molecule has 1 fully saturated rings. The number of fused-ring (bicyclic) bond motifs is 1. The van der Waals surface area contributed by atoms with E-state index in [4.69, 9.17) is 14.0 Å². The van der Waals surface area contributed by atoms with E-state index in [2.05, 4.69) is 27.9 Å². The average molecular weight is 446 g/mol. The van der Waals surface area contributed by atoms with Crippen molar-refractivity contribution in [1.82, 2.24) is 10.5 Å². The standard InChI is InChI=1S/C22H27N3O5S/c1-15-10-19(25-30-15)24-21(27)13-31-12-20(26)23-14-22(6-2-3-7-22)16-4-5-17-18(11-16)29-9-8-28-17/h4-5,10-11H,2-3,6-9,12-14H2,1H3,(H,23,26)(H,24,25,27). The van der Waals surface area contributed by atoms with E-state index in [1.807, 2.05) is 6.07 Å². The van der Waals surface area contributed by atoms with Gasteiger partial charge in [0, 0.05) is 18.0 Å². The van der Waals surface area contributed by atoms with Gasteiger partial charge in [0.1, 0.15) is 19.0 Å². The monoisotopic (exact) mass is 445 g/mol. The van der Waals surface area contributed by atoms with Gasteiger partial charge in [-0.25, -0.2) is 0 Å². The molecule has 2 amide bonds. The van der Waals surface area contributed by atoms with Gasteiger partial charge in [-0.15, -0.1) is 11.8 Å². The lowest BCUT2D eigenvalue weighted by Gasteiger charge is -2.31. The SMILES string of the molecule is Cc1cc(NC(=O)CSCC(=O)NCC2(c3ccc4c(c3)OCCO4)CCCC2)no1. The summed E-state index contributed by atoms with van der Waals surface area (Å²) >= 11 is 1.27. The van der Waals surface area contributed by atoms with Gasteiger partial charge in [0.05, 0.1) is 11.5 Å². The predicted octanol–water partition coefficient (Wildman–Crippen LogP) is 3.05. The number of benzene rings is 1. The summed E-state index contributed by atoms with van der Waals surface area (Å²) in [4.78, 5) is 24.4. The van der Waals surface area contributed by atoms with Crippen LogP contribution in [-0.2, 0) is 15.0 Å². The molecule has 0 radical (unpaired) electrons. The number of ether oxygens (including phenoxy) is 2. The highest BCUT2D eigenvalue weighted by molar-refractivity contribution is 8.00. The summed E-state index contributed by atoms with van der Waals surface area (Å²) in [5, 5.41) is 9.45. The maximum absolute atomic E-state index is 12.4. The van der Waals surface area contributed by atoms with Crippen molar-refractivity contribution >= 4 is 29.4 Å². The van der Waals surface area contributed by atoms with Gasteiger partial charge in [0.25, 0.3) is 0 Å². The Morgan fingerprint density at radius 3 is 2.55 bits per heavy atom. The van der Waals surface area contributed by atoms with Crippen molar-refractivity contribution < 1.29 is 23.6 Å². The number of anilines is 1. The molecule has 2 heterocycles. The summed E-state index contributed by atoms with van der Waals surface area (Å²) < 4.78 is 16.3. The normalized spacial score (nSPS) is 16.7. The molecule has 1 aliphatic carbocycles. The van der Waals surface area contributed by atoms with E-state index in [0.717, 1.165) is 37.2 Å². The number of thioether (sulfide) groups is 1. The molecule has 1 aromatic heterocycles. The molecular weight excluding hydrogens is 418 g/mol. The van der Waals surface area contributed by atoms with Crippen LogP contribution >= 0.6 is 11.8 Å². The fourth-order valence-electron chi connectivity index (χ4n) is 4.15. The van der Waals surface area contributed by atoms with E-state index in [1.54, 1.807) is 13.0 Å². The minimum absolute atomic E-state index is 0.0705. The summed E-state index contributed by atoms with van der Waals surface area (Å²) in [6, 6.07) is 7.77. The molecule has 166 valence electrons. The zero-order chi connectivity index (χ0) is 21.7. The Kier molecular flexibility index (Phi) is 6.70. The Balaban J connectivity index is 1.27. The van der Waals surface area contributed by atoms with Crippen molar-refractivity contribution in [3.8, 4) is 11.5 Å². The van der Waals surface area contributed by atoms with Gasteiger partial charge in [-0.05, 0) is 37.5 Å². The highest BCUT2D eigenvalue weighted by Crippen LogP contribution is 2.43. The first-order chi connectivity index (χ1) is 15.0. The fourth-order valence-corrected chi connectivity index (χ4v) is 4.80. The van der Waals surface area contributed by atoms with Crippen LogP contribution in [-0.4, -0.2) is 48.2 Å². The molecule has 2 N–H and O–H groups in total. The molecule has 9 heteroatoms. The Labute approximate surface area is 185 Å². The number of nitrogens with zero attached hydrogens (tertiary/aromatic N) is 1. The van der Waals surface area contributed by atoms with Crippen LogP contribution in [0.25, 0.3) is 0 Å². The van der Waals surface area contributed by atoms with Gasteiger partial charge < -0.3 is 24.6 Å². The second-order valence-corrected chi connectivity index (χ2v) is 8.97. The van der Waals surface area contributed by atoms with Crippen LogP contribution in [0.4, 0.5) is 5.82 Å². The number of hydrogen-bond donors (Lipinski definition) is 2. The van der Waals surface area contributed by atoms with Crippen molar-refractivity contribution in [1.29, 1.82) is 0 Å². The lowest BCUT2D eigenvalue weighted by molar-refractivity contribution is -0.118. The zero-order valence-electron chi connectivity index (χ0n) is 17.6. The predicted molar refractivity (Wildman–Crippen MR) is 118 cm³/mol. The third-order valence-corrected chi connectivity index (χ3v) is 6.63. The number of rotatable bonds is 8. The molecular formula is C22H27N3O5S. The Morgan fingerprint density at radius 2 is 1.81 bits per heavy atom. The summed E-state index contributed by atoms with van der Waals surface area (Å²) in [7, 11) is 0.